The molecule has 0 radical (unpaired) electrons. The number of para-hydroxylation sites is 1. The third kappa shape index (κ3) is 5.07. The average molecular weight is 272 g/mol. The maximum Gasteiger partial charge on any atom is 0.165 e. The van der Waals surface area contributed by atoms with Crippen LogP contribution in [0.5, 0.6) is 5.75 Å². The molecule has 2 nitrogen and oxygen atoms in total. The lowest BCUT2D eigenvalue weighted by atomic mass is 10.1. The molecule has 0 saturated heterocycles. The molecule has 1 aromatic carbocycles. The van der Waals surface area contributed by atoms with Crippen LogP contribution in [0.25, 0.3) is 0 Å². The van der Waals surface area contributed by atoms with E-state index >= 15 is 0 Å². The quantitative estimate of drug-likeness (QED) is 0.878. The SMILES string of the molecule is CC(C)(C)NCc1cccc(F)c1OC/C=C/Cl. The van der Waals surface area contributed by atoms with Crippen LogP contribution >= 0.6 is 11.6 Å². The van der Waals surface area contributed by atoms with Crippen molar-refractivity contribution in [1.82, 2.24) is 5.32 Å². The number of nitrogens with one attached hydrogen (secondary N) is 1. The molecule has 1 rings (SSSR count). The van der Waals surface area contributed by atoms with Crippen LogP contribution in [0.1, 0.15) is 26.3 Å². The summed E-state index contributed by atoms with van der Waals surface area (Å²) >= 11 is 5.40. The zero-order chi connectivity index (χ0) is 13.6. The van der Waals surface area contributed by atoms with Crippen LogP contribution in [0, 0.1) is 5.82 Å². The second kappa shape index (κ2) is 6.76. The summed E-state index contributed by atoms with van der Waals surface area (Å²) in [5, 5.41) is 3.31. The van der Waals surface area contributed by atoms with Crippen molar-refractivity contribution in [3.63, 3.8) is 0 Å². The lowest BCUT2D eigenvalue weighted by Gasteiger charge is -2.21. The summed E-state index contributed by atoms with van der Waals surface area (Å²) in [6.45, 7) is 6.99. The Labute approximate surface area is 113 Å². The molecular weight excluding hydrogens is 253 g/mol. The van der Waals surface area contributed by atoms with E-state index in [0.717, 1.165) is 5.56 Å². The first-order valence-electron chi connectivity index (χ1n) is 5.84. The van der Waals surface area contributed by atoms with Gasteiger partial charge in [-0.3, -0.25) is 0 Å². The van der Waals surface area contributed by atoms with E-state index in [9.17, 15) is 4.39 Å². The van der Waals surface area contributed by atoms with Gasteiger partial charge in [0, 0.05) is 23.2 Å². The van der Waals surface area contributed by atoms with Crippen molar-refractivity contribution in [2.75, 3.05) is 6.61 Å². The number of rotatable bonds is 5. The standard InChI is InChI=1S/C14H19ClFNO/c1-14(2,3)17-10-11-6-4-7-12(16)13(11)18-9-5-8-15/h4-8,17H,9-10H2,1-3H3/b8-5+. The summed E-state index contributed by atoms with van der Waals surface area (Å²) in [5.74, 6) is -0.0739. The van der Waals surface area contributed by atoms with Crippen molar-refractivity contribution in [2.24, 2.45) is 0 Å². The van der Waals surface area contributed by atoms with Crippen molar-refractivity contribution >= 4 is 11.6 Å². The summed E-state index contributed by atoms with van der Waals surface area (Å²) in [7, 11) is 0. The van der Waals surface area contributed by atoms with Gasteiger partial charge in [-0.15, -0.1) is 0 Å². The smallest absolute Gasteiger partial charge is 0.165 e. The second-order valence-electron chi connectivity index (χ2n) is 5.00. The summed E-state index contributed by atoms with van der Waals surface area (Å²) in [6.07, 6.45) is 1.62. The Hall–Kier alpha value is -1.06. The molecule has 0 atom stereocenters. The van der Waals surface area contributed by atoms with E-state index in [1.165, 1.54) is 11.6 Å². The summed E-state index contributed by atoms with van der Waals surface area (Å²) < 4.78 is 19.1. The zero-order valence-corrected chi connectivity index (χ0v) is 11.7. The Balaban J connectivity index is 2.79. The maximum atomic E-state index is 13.7. The molecule has 0 heterocycles. The molecule has 0 aromatic heterocycles. The molecule has 18 heavy (non-hydrogen) atoms. The fraction of sp³-hybridized carbons (Fsp3) is 0.429. The van der Waals surface area contributed by atoms with E-state index in [1.54, 1.807) is 12.1 Å². The van der Waals surface area contributed by atoms with Gasteiger partial charge in [-0.25, -0.2) is 4.39 Å². The molecule has 4 heteroatoms. The second-order valence-corrected chi connectivity index (χ2v) is 5.26. The minimum Gasteiger partial charge on any atom is -0.486 e. The lowest BCUT2D eigenvalue weighted by Crippen LogP contribution is -2.35. The fourth-order valence-corrected chi connectivity index (χ4v) is 1.46. The third-order valence-electron chi connectivity index (χ3n) is 2.27. The average Bonchev–Trinajstić information content (AvgIpc) is 2.28. The highest BCUT2D eigenvalue weighted by molar-refractivity contribution is 6.25. The summed E-state index contributed by atoms with van der Waals surface area (Å²) in [5.41, 5.74) is 2.13. The van der Waals surface area contributed by atoms with Crippen LogP contribution in [0.4, 0.5) is 4.39 Å². The molecule has 0 saturated carbocycles. The van der Waals surface area contributed by atoms with E-state index in [-0.39, 0.29) is 23.7 Å². The number of halogens is 2. The Morgan fingerprint density at radius 2 is 2.11 bits per heavy atom. The van der Waals surface area contributed by atoms with Crippen LogP contribution in [0.15, 0.2) is 29.8 Å². The molecule has 0 bridgehead atoms. The van der Waals surface area contributed by atoms with Crippen molar-refractivity contribution in [3.8, 4) is 5.75 Å². The van der Waals surface area contributed by atoms with Gasteiger partial charge >= 0.3 is 0 Å². The van der Waals surface area contributed by atoms with Gasteiger partial charge in [0.2, 0.25) is 0 Å². The third-order valence-corrected chi connectivity index (χ3v) is 2.45. The minimum atomic E-state index is -0.355. The number of hydrogen-bond donors (Lipinski definition) is 1. The number of hydrogen-bond acceptors (Lipinski definition) is 2. The Morgan fingerprint density at radius 1 is 1.39 bits per heavy atom. The molecule has 0 unspecified atom stereocenters. The van der Waals surface area contributed by atoms with Crippen molar-refractivity contribution in [3.05, 3.63) is 41.2 Å². The Kier molecular flexibility index (Phi) is 5.63. The van der Waals surface area contributed by atoms with Gasteiger partial charge in [-0.05, 0) is 32.9 Å². The van der Waals surface area contributed by atoms with Gasteiger partial charge in [0.05, 0.1) is 0 Å². The first kappa shape index (κ1) is 15.0. The predicted molar refractivity (Wildman–Crippen MR) is 73.5 cm³/mol. The van der Waals surface area contributed by atoms with E-state index in [1.807, 2.05) is 6.07 Å². The van der Waals surface area contributed by atoms with E-state index < -0.39 is 0 Å². The normalized spacial score (nSPS) is 12.1. The van der Waals surface area contributed by atoms with Crippen LogP contribution < -0.4 is 10.1 Å². The molecule has 0 aliphatic heterocycles. The van der Waals surface area contributed by atoms with Crippen LogP contribution in [-0.2, 0) is 6.54 Å². The highest BCUT2D eigenvalue weighted by Gasteiger charge is 2.13. The Bertz CT molecular complexity index is 413. The molecule has 1 N–H and O–H groups in total. The van der Waals surface area contributed by atoms with Crippen molar-refractivity contribution < 1.29 is 9.13 Å². The van der Waals surface area contributed by atoms with Gasteiger partial charge in [0.15, 0.2) is 11.6 Å². The largest absolute Gasteiger partial charge is 0.486 e. The van der Waals surface area contributed by atoms with Gasteiger partial charge in [0.1, 0.15) is 6.61 Å². The zero-order valence-electron chi connectivity index (χ0n) is 11.0. The monoisotopic (exact) mass is 271 g/mol. The van der Waals surface area contributed by atoms with Crippen LogP contribution in [-0.4, -0.2) is 12.1 Å². The number of ether oxygens (including phenoxy) is 1. The molecule has 0 aliphatic rings. The topological polar surface area (TPSA) is 21.3 Å². The van der Waals surface area contributed by atoms with Gasteiger partial charge < -0.3 is 10.1 Å². The molecule has 0 spiro atoms. The minimum absolute atomic E-state index is 0.0281. The summed E-state index contributed by atoms with van der Waals surface area (Å²) in [6, 6.07) is 4.92. The summed E-state index contributed by atoms with van der Waals surface area (Å²) in [4.78, 5) is 0. The van der Waals surface area contributed by atoms with Crippen molar-refractivity contribution in [1.29, 1.82) is 0 Å². The molecular formula is C14H19ClFNO. The highest BCUT2D eigenvalue weighted by Crippen LogP contribution is 2.23. The van der Waals surface area contributed by atoms with Gasteiger partial charge in [0.25, 0.3) is 0 Å². The maximum absolute atomic E-state index is 13.7. The highest BCUT2D eigenvalue weighted by atomic mass is 35.5. The van der Waals surface area contributed by atoms with Crippen LogP contribution in [0.2, 0.25) is 0 Å². The van der Waals surface area contributed by atoms with Crippen LogP contribution in [0.3, 0.4) is 0 Å². The lowest BCUT2D eigenvalue weighted by molar-refractivity contribution is 0.332. The molecule has 0 fully saturated rings. The van der Waals surface area contributed by atoms with E-state index in [0.29, 0.717) is 6.54 Å². The fourth-order valence-electron chi connectivity index (χ4n) is 1.38. The first-order chi connectivity index (χ1) is 8.44. The Morgan fingerprint density at radius 3 is 2.72 bits per heavy atom. The van der Waals surface area contributed by atoms with Gasteiger partial charge in [-0.1, -0.05) is 23.7 Å². The molecule has 0 amide bonds. The molecule has 100 valence electrons. The predicted octanol–water partition coefficient (Wildman–Crippen LogP) is 3.85. The molecule has 1 aromatic rings. The van der Waals surface area contributed by atoms with Crippen molar-refractivity contribution in [2.45, 2.75) is 32.9 Å². The first-order valence-corrected chi connectivity index (χ1v) is 6.28. The number of benzene rings is 1. The van der Waals surface area contributed by atoms with E-state index in [2.05, 4.69) is 26.1 Å². The molecule has 0 aliphatic carbocycles. The van der Waals surface area contributed by atoms with Gasteiger partial charge in [-0.2, -0.15) is 0 Å². The van der Waals surface area contributed by atoms with E-state index in [4.69, 9.17) is 16.3 Å².